The summed E-state index contributed by atoms with van der Waals surface area (Å²) in [6.07, 6.45) is 7.37. The van der Waals surface area contributed by atoms with Crippen molar-refractivity contribution in [1.82, 2.24) is 15.2 Å². The van der Waals surface area contributed by atoms with E-state index in [0.29, 0.717) is 19.7 Å². The van der Waals surface area contributed by atoms with Gasteiger partial charge in [-0.05, 0) is 37.8 Å². The monoisotopic (exact) mass is 436 g/mol. The van der Waals surface area contributed by atoms with Crippen molar-refractivity contribution in [3.8, 4) is 6.07 Å². The lowest BCUT2D eigenvalue weighted by molar-refractivity contribution is -0.122. The second-order valence-electron chi connectivity index (χ2n) is 8.18. The van der Waals surface area contributed by atoms with Gasteiger partial charge in [-0.3, -0.25) is 9.59 Å². The molecule has 0 radical (unpaired) electrons. The van der Waals surface area contributed by atoms with Crippen LogP contribution in [0, 0.1) is 11.3 Å². The Bertz CT molecular complexity index is 1040. The van der Waals surface area contributed by atoms with Crippen molar-refractivity contribution in [2.75, 3.05) is 26.3 Å². The first kappa shape index (κ1) is 22.1. The van der Waals surface area contributed by atoms with E-state index >= 15 is 0 Å². The predicted molar refractivity (Wildman–Crippen MR) is 119 cm³/mol. The molecule has 0 unspecified atom stereocenters. The van der Waals surface area contributed by atoms with E-state index in [1.807, 2.05) is 34.9 Å². The van der Waals surface area contributed by atoms with Crippen LogP contribution in [-0.4, -0.2) is 54.9 Å². The zero-order valence-electron chi connectivity index (χ0n) is 18.0. The van der Waals surface area contributed by atoms with Crippen molar-refractivity contribution in [3.05, 3.63) is 41.6 Å². The van der Waals surface area contributed by atoms with Crippen LogP contribution in [0.4, 0.5) is 0 Å². The molecule has 0 spiro atoms. The summed E-state index contributed by atoms with van der Waals surface area (Å²) in [6, 6.07) is 9.63. The standard InChI is InChI=1S/C24H28N4O4/c25-12-17(24(30)27-14-20-6-4-10-32-20)11-18-15-28(22-8-2-1-7-21(18)22)16-23(29)26-13-19-5-3-9-31-19/h1-2,7-8,11,15,19-20H,3-6,9-10,13-14,16H2,(H,26,29)(H,27,30)/b17-11+/t19-,20-/m1/s1. The van der Waals surface area contributed by atoms with Gasteiger partial charge < -0.3 is 24.7 Å². The minimum atomic E-state index is -0.422. The summed E-state index contributed by atoms with van der Waals surface area (Å²) in [5, 5.41) is 16.1. The highest BCUT2D eigenvalue weighted by molar-refractivity contribution is 6.04. The molecule has 1 aromatic carbocycles. The molecule has 1 aromatic heterocycles. The Morgan fingerprint density at radius 3 is 2.44 bits per heavy atom. The topological polar surface area (TPSA) is 105 Å². The number of para-hydroxylation sites is 1. The van der Waals surface area contributed by atoms with Gasteiger partial charge in [0.25, 0.3) is 5.91 Å². The molecular weight excluding hydrogens is 408 g/mol. The third-order valence-electron chi connectivity index (χ3n) is 5.86. The number of nitrogens with one attached hydrogen (secondary N) is 2. The van der Waals surface area contributed by atoms with E-state index in [0.717, 1.165) is 48.8 Å². The number of hydrogen-bond donors (Lipinski definition) is 2. The van der Waals surface area contributed by atoms with Crippen LogP contribution in [0.2, 0.25) is 0 Å². The van der Waals surface area contributed by atoms with E-state index in [1.54, 1.807) is 12.3 Å². The second-order valence-corrected chi connectivity index (χ2v) is 8.18. The van der Waals surface area contributed by atoms with E-state index < -0.39 is 5.91 Å². The number of ether oxygens (including phenoxy) is 2. The smallest absolute Gasteiger partial charge is 0.262 e. The Labute approximate surface area is 187 Å². The molecule has 8 nitrogen and oxygen atoms in total. The summed E-state index contributed by atoms with van der Waals surface area (Å²) in [4.78, 5) is 25.0. The zero-order chi connectivity index (χ0) is 22.3. The third-order valence-corrected chi connectivity index (χ3v) is 5.86. The Kier molecular flexibility index (Phi) is 7.20. The van der Waals surface area contributed by atoms with Gasteiger partial charge in [-0.1, -0.05) is 18.2 Å². The summed E-state index contributed by atoms with van der Waals surface area (Å²) in [7, 11) is 0. The maximum absolute atomic E-state index is 12.5. The Hall–Kier alpha value is -3.15. The van der Waals surface area contributed by atoms with Crippen LogP contribution in [0.25, 0.3) is 17.0 Å². The summed E-state index contributed by atoms with van der Waals surface area (Å²) in [6.45, 7) is 2.51. The van der Waals surface area contributed by atoms with Crippen LogP contribution in [0.3, 0.4) is 0 Å². The highest BCUT2D eigenvalue weighted by Gasteiger charge is 2.19. The van der Waals surface area contributed by atoms with Gasteiger partial charge >= 0.3 is 0 Å². The summed E-state index contributed by atoms with van der Waals surface area (Å²) in [5.41, 5.74) is 1.60. The lowest BCUT2D eigenvalue weighted by Crippen LogP contribution is -2.34. The van der Waals surface area contributed by atoms with Crippen LogP contribution >= 0.6 is 0 Å². The fourth-order valence-electron chi connectivity index (χ4n) is 4.18. The molecule has 168 valence electrons. The number of amides is 2. The molecule has 3 heterocycles. The van der Waals surface area contributed by atoms with Crippen LogP contribution < -0.4 is 10.6 Å². The first-order valence-electron chi connectivity index (χ1n) is 11.1. The van der Waals surface area contributed by atoms with Crippen molar-refractivity contribution in [3.63, 3.8) is 0 Å². The molecule has 0 bridgehead atoms. The molecule has 2 fully saturated rings. The lowest BCUT2D eigenvalue weighted by Gasteiger charge is -2.11. The molecule has 4 rings (SSSR count). The summed E-state index contributed by atoms with van der Waals surface area (Å²) >= 11 is 0. The van der Waals surface area contributed by atoms with E-state index in [2.05, 4.69) is 10.6 Å². The number of hydrogen-bond acceptors (Lipinski definition) is 5. The zero-order valence-corrected chi connectivity index (χ0v) is 18.0. The Morgan fingerprint density at radius 1 is 1.09 bits per heavy atom. The molecule has 0 aliphatic carbocycles. The molecule has 2 amide bonds. The first-order valence-corrected chi connectivity index (χ1v) is 11.1. The highest BCUT2D eigenvalue weighted by Crippen LogP contribution is 2.24. The second kappa shape index (κ2) is 10.4. The maximum atomic E-state index is 12.5. The SMILES string of the molecule is N#C/C(=C\c1cn(CC(=O)NC[C@H]2CCCO2)c2ccccc12)C(=O)NC[C@H]1CCCO1. The van der Waals surface area contributed by atoms with Crippen LogP contribution in [0.15, 0.2) is 36.0 Å². The third kappa shape index (κ3) is 5.36. The van der Waals surface area contributed by atoms with Crippen LogP contribution in [0.1, 0.15) is 31.2 Å². The van der Waals surface area contributed by atoms with Crippen molar-refractivity contribution >= 4 is 28.8 Å². The van der Waals surface area contributed by atoms with Gasteiger partial charge in [-0.15, -0.1) is 0 Å². The molecule has 2 atom stereocenters. The molecule has 0 saturated carbocycles. The van der Waals surface area contributed by atoms with Gasteiger partial charge in [0.15, 0.2) is 0 Å². The largest absolute Gasteiger partial charge is 0.376 e. The number of rotatable bonds is 8. The predicted octanol–water partition coefficient (Wildman–Crippen LogP) is 2.14. The lowest BCUT2D eigenvalue weighted by atomic mass is 10.1. The number of nitriles is 1. The molecule has 2 aromatic rings. The van der Waals surface area contributed by atoms with Gasteiger partial charge in [0.2, 0.25) is 5.91 Å². The van der Waals surface area contributed by atoms with Gasteiger partial charge in [-0.2, -0.15) is 5.26 Å². The van der Waals surface area contributed by atoms with Crippen LogP contribution in [0.5, 0.6) is 0 Å². The van der Waals surface area contributed by atoms with Crippen molar-refractivity contribution in [1.29, 1.82) is 5.26 Å². The molecule has 2 aliphatic rings. The number of fused-ring (bicyclic) bond motifs is 1. The van der Waals surface area contributed by atoms with Gasteiger partial charge in [-0.25, -0.2) is 0 Å². The molecule has 2 aliphatic heterocycles. The Morgan fingerprint density at radius 2 is 1.78 bits per heavy atom. The molecule has 2 saturated heterocycles. The highest BCUT2D eigenvalue weighted by atomic mass is 16.5. The van der Waals surface area contributed by atoms with Gasteiger partial charge in [0.05, 0.1) is 12.2 Å². The minimum absolute atomic E-state index is 0.00829. The molecule has 2 N–H and O–H groups in total. The number of aromatic nitrogens is 1. The normalized spacial score (nSPS) is 20.9. The number of benzene rings is 1. The average molecular weight is 437 g/mol. The molecule has 32 heavy (non-hydrogen) atoms. The number of carbonyl (C=O) groups is 2. The van der Waals surface area contributed by atoms with Crippen LogP contribution in [-0.2, 0) is 25.6 Å². The molecule has 8 heteroatoms. The minimum Gasteiger partial charge on any atom is -0.376 e. The summed E-state index contributed by atoms with van der Waals surface area (Å²) < 4.78 is 12.9. The molecular formula is C24H28N4O4. The maximum Gasteiger partial charge on any atom is 0.262 e. The van der Waals surface area contributed by atoms with E-state index in [1.165, 1.54) is 0 Å². The van der Waals surface area contributed by atoms with E-state index in [4.69, 9.17) is 9.47 Å². The van der Waals surface area contributed by atoms with Crippen molar-refractivity contribution in [2.24, 2.45) is 0 Å². The number of nitrogens with zero attached hydrogens (tertiary/aromatic N) is 2. The van der Waals surface area contributed by atoms with E-state index in [-0.39, 0.29) is 30.2 Å². The number of carbonyl (C=O) groups excluding carboxylic acids is 2. The summed E-state index contributed by atoms with van der Waals surface area (Å²) in [5.74, 6) is -0.527. The quantitative estimate of drug-likeness (QED) is 0.487. The fraction of sp³-hybridized carbons (Fsp3) is 0.458. The van der Waals surface area contributed by atoms with Gasteiger partial charge in [0.1, 0.15) is 18.2 Å². The van der Waals surface area contributed by atoms with Crippen molar-refractivity contribution < 1.29 is 19.1 Å². The average Bonchev–Trinajstić information content (AvgIpc) is 3.57. The fourth-order valence-corrected chi connectivity index (χ4v) is 4.18. The Balaban J connectivity index is 1.47. The van der Waals surface area contributed by atoms with E-state index in [9.17, 15) is 14.9 Å². The van der Waals surface area contributed by atoms with Crippen molar-refractivity contribution in [2.45, 2.75) is 44.4 Å². The van der Waals surface area contributed by atoms with Gasteiger partial charge in [0, 0.05) is 49.0 Å². The first-order chi connectivity index (χ1) is 15.6.